The third-order valence-electron chi connectivity index (χ3n) is 3.83. The molecule has 0 amide bonds. The van der Waals surface area contributed by atoms with Crippen molar-refractivity contribution in [3.05, 3.63) is 33.8 Å². The Kier molecular flexibility index (Phi) is 5.54. The molecule has 0 spiro atoms. The van der Waals surface area contributed by atoms with E-state index in [0.717, 1.165) is 18.4 Å². The van der Waals surface area contributed by atoms with Gasteiger partial charge in [-0.3, -0.25) is 0 Å². The number of piperidine rings is 1. The van der Waals surface area contributed by atoms with Gasteiger partial charge in [0, 0.05) is 35.2 Å². The summed E-state index contributed by atoms with van der Waals surface area (Å²) in [7, 11) is -3.08. The highest BCUT2D eigenvalue weighted by atomic mass is 35.5. The van der Waals surface area contributed by atoms with Gasteiger partial charge < -0.3 is 5.32 Å². The van der Waals surface area contributed by atoms with Crippen molar-refractivity contribution in [2.75, 3.05) is 19.3 Å². The molecule has 1 aromatic rings. The topological polar surface area (TPSA) is 49.4 Å². The molecule has 4 nitrogen and oxygen atoms in total. The van der Waals surface area contributed by atoms with Gasteiger partial charge in [-0.1, -0.05) is 23.2 Å². The molecule has 1 aliphatic heterocycles. The van der Waals surface area contributed by atoms with Crippen LogP contribution in [0.4, 0.5) is 0 Å². The maximum Gasteiger partial charge on any atom is 0.211 e. The van der Waals surface area contributed by atoms with Crippen LogP contribution in [0.15, 0.2) is 18.2 Å². The van der Waals surface area contributed by atoms with Crippen molar-refractivity contribution in [3.8, 4) is 0 Å². The molecule has 1 heterocycles. The molecule has 0 aliphatic carbocycles. The Morgan fingerprint density at radius 1 is 1.29 bits per heavy atom. The highest BCUT2D eigenvalue weighted by molar-refractivity contribution is 7.88. The number of nitrogens with zero attached hydrogens (tertiary/aromatic N) is 1. The summed E-state index contributed by atoms with van der Waals surface area (Å²) in [6, 6.07) is 5.79. The zero-order valence-electron chi connectivity index (χ0n) is 12.1. The molecule has 0 bridgehead atoms. The molecule has 118 valence electrons. The van der Waals surface area contributed by atoms with Crippen LogP contribution in [0.3, 0.4) is 0 Å². The summed E-state index contributed by atoms with van der Waals surface area (Å²) >= 11 is 12.2. The van der Waals surface area contributed by atoms with Crippen LogP contribution >= 0.6 is 23.2 Å². The Morgan fingerprint density at radius 2 is 1.90 bits per heavy atom. The Labute approximate surface area is 136 Å². The van der Waals surface area contributed by atoms with Crippen LogP contribution in [0.1, 0.15) is 31.4 Å². The van der Waals surface area contributed by atoms with Crippen LogP contribution < -0.4 is 5.32 Å². The minimum absolute atomic E-state index is 0.0750. The van der Waals surface area contributed by atoms with Crippen molar-refractivity contribution in [1.82, 2.24) is 9.62 Å². The van der Waals surface area contributed by atoms with Crippen molar-refractivity contribution in [2.45, 2.75) is 31.8 Å². The molecular weight excluding hydrogens is 331 g/mol. The number of hydrogen-bond acceptors (Lipinski definition) is 3. The van der Waals surface area contributed by atoms with Crippen molar-refractivity contribution in [2.24, 2.45) is 0 Å². The molecular formula is C14H20Cl2N2O2S. The predicted molar refractivity (Wildman–Crippen MR) is 87.5 cm³/mol. The van der Waals surface area contributed by atoms with Crippen LogP contribution in [0.5, 0.6) is 0 Å². The van der Waals surface area contributed by atoms with E-state index in [1.807, 2.05) is 13.0 Å². The number of sulfonamides is 1. The second-order valence-electron chi connectivity index (χ2n) is 5.49. The fourth-order valence-electron chi connectivity index (χ4n) is 2.64. The molecule has 1 unspecified atom stereocenters. The lowest BCUT2D eigenvalue weighted by molar-refractivity contribution is 0.278. The Bertz CT molecular complexity index is 599. The maximum absolute atomic E-state index is 11.5. The van der Waals surface area contributed by atoms with E-state index >= 15 is 0 Å². The molecule has 1 N–H and O–H groups in total. The number of benzene rings is 1. The lowest BCUT2D eigenvalue weighted by Gasteiger charge is -2.32. The average molecular weight is 351 g/mol. The molecule has 1 aliphatic rings. The summed E-state index contributed by atoms with van der Waals surface area (Å²) in [6.07, 6.45) is 2.86. The van der Waals surface area contributed by atoms with Crippen molar-refractivity contribution >= 4 is 33.2 Å². The van der Waals surface area contributed by atoms with E-state index in [4.69, 9.17) is 23.2 Å². The quantitative estimate of drug-likeness (QED) is 0.907. The second-order valence-corrected chi connectivity index (χ2v) is 8.32. The molecule has 0 aromatic heterocycles. The lowest BCUT2D eigenvalue weighted by Crippen LogP contribution is -2.45. The van der Waals surface area contributed by atoms with Gasteiger partial charge in [0.2, 0.25) is 10.0 Å². The number of rotatable bonds is 4. The van der Waals surface area contributed by atoms with Gasteiger partial charge in [-0.15, -0.1) is 0 Å². The molecule has 1 saturated heterocycles. The molecule has 2 rings (SSSR count). The van der Waals surface area contributed by atoms with Gasteiger partial charge in [-0.05, 0) is 43.5 Å². The SMILES string of the molecule is CC(NC1CCN(S(C)(=O)=O)CC1)c1cc(Cl)ccc1Cl. The summed E-state index contributed by atoms with van der Waals surface area (Å²) in [6.45, 7) is 3.17. The minimum atomic E-state index is -3.08. The first-order chi connectivity index (χ1) is 9.77. The Balaban J connectivity index is 1.96. The third kappa shape index (κ3) is 4.57. The molecule has 1 fully saturated rings. The van der Waals surface area contributed by atoms with Crippen LogP contribution in [0.2, 0.25) is 10.0 Å². The fraction of sp³-hybridized carbons (Fsp3) is 0.571. The van der Waals surface area contributed by atoms with E-state index in [0.29, 0.717) is 23.1 Å². The van der Waals surface area contributed by atoms with Crippen LogP contribution in [0, 0.1) is 0 Å². The summed E-state index contributed by atoms with van der Waals surface area (Å²) in [5, 5.41) is 4.86. The average Bonchev–Trinajstić information content (AvgIpc) is 2.41. The number of halogens is 2. The zero-order chi connectivity index (χ0) is 15.6. The molecule has 1 atom stereocenters. The van der Waals surface area contributed by atoms with Crippen molar-refractivity contribution in [1.29, 1.82) is 0 Å². The highest BCUT2D eigenvalue weighted by Gasteiger charge is 2.26. The van der Waals surface area contributed by atoms with Crippen LogP contribution in [0.25, 0.3) is 0 Å². The van der Waals surface area contributed by atoms with Crippen LogP contribution in [-0.4, -0.2) is 38.1 Å². The monoisotopic (exact) mass is 350 g/mol. The molecule has 0 radical (unpaired) electrons. The first-order valence-electron chi connectivity index (χ1n) is 6.93. The fourth-order valence-corrected chi connectivity index (χ4v) is 3.98. The number of nitrogens with one attached hydrogen (secondary N) is 1. The number of hydrogen-bond donors (Lipinski definition) is 1. The summed E-state index contributed by atoms with van der Waals surface area (Å²) in [5.41, 5.74) is 0.967. The summed E-state index contributed by atoms with van der Waals surface area (Å²) in [5.74, 6) is 0. The molecule has 0 saturated carbocycles. The van der Waals surface area contributed by atoms with E-state index in [2.05, 4.69) is 5.32 Å². The van der Waals surface area contributed by atoms with Gasteiger partial charge in [-0.25, -0.2) is 12.7 Å². The predicted octanol–water partition coefficient (Wildman–Crippen LogP) is 3.07. The zero-order valence-corrected chi connectivity index (χ0v) is 14.5. The van der Waals surface area contributed by atoms with E-state index in [1.54, 1.807) is 12.1 Å². The molecule has 7 heteroatoms. The lowest BCUT2D eigenvalue weighted by atomic mass is 10.0. The Hall–Kier alpha value is -0.330. The summed E-state index contributed by atoms with van der Waals surface area (Å²) < 4.78 is 24.5. The standard InChI is InChI=1S/C14H20Cl2N2O2S/c1-10(13-9-11(15)3-4-14(13)16)17-12-5-7-18(8-6-12)21(2,19)20/h3-4,9-10,12,17H,5-8H2,1-2H3. The van der Waals surface area contributed by atoms with Gasteiger partial charge in [0.25, 0.3) is 0 Å². The molecule has 21 heavy (non-hydrogen) atoms. The molecule has 1 aromatic carbocycles. The highest BCUT2D eigenvalue weighted by Crippen LogP contribution is 2.27. The Morgan fingerprint density at radius 3 is 2.48 bits per heavy atom. The first-order valence-corrected chi connectivity index (χ1v) is 9.54. The first kappa shape index (κ1) is 17.0. The normalized spacial score (nSPS) is 19.6. The van der Waals surface area contributed by atoms with Gasteiger partial charge in [0.15, 0.2) is 0 Å². The van der Waals surface area contributed by atoms with Crippen molar-refractivity contribution in [3.63, 3.8) is 0 Å². The van der Waals surface area contributed by atoms with E-state index in [9.17, 15) is 8.42 Å². The van der Waals surface area contributed by atoms with E-state index < -0.39 is 10.0 Å². The second kappa shape index (κ2) is 6.84. The van der Waals surface area contributed by atoms with Gasteiger partial charge in [0.1, 0.15) is 0 Å². The van der Waals surface area contributed by atoms with E-state index in [-0.39, 0.29) is 12.1 Å². The minimum Gasteiger partial charge on any atom is -0.307 e. The van der Waals surface area contributed by atoms with Crippen molar-refractivity contribution < 1.29 is 8.42 Å². The van der Waals surface area contributed by atoms with Gasteiger partial charge >= 0.3 is 0 Å². The summed E-state index contributed by atoms with van der Waals surface area (Å²) in [4.78, 5) is 0. The van der Waals surface area contributed by atoms with Gasteiger partial charge in [-0.2, -0.15) is 0 Å². The smallest absolute Gasteiger partial charge is 0.211 e. The van der Waals surface area contributed by atoms with Gasteiger partial charge in [0.05, 0.1) is 6.26 Å². The van der Waals surface area contributed by atoms with E-state index in [1.165, 1.54) is 10.6 Å². The third-order valence-corrected chi connectivity index (χ3v) is 5.72. The maximum atomic E-state index is 11.5. The largest absolute Gasteiger partial charge is 0.307 e. The van der Waals surface area contributed by atoms with Crippen LogP contribution in [-0.2, 0) is 10.0 Å².